The Morgan fingerprint density at radius 3 is 1.41 bits per heavy atom. The lowest BCUT2D eigenvalue weighted by atomic mass is 9.92. The molecule has 0 aliphatic rings. The van der Waals surface area contributed by atoms with E-state index in [1.807, 2.05) is 30.5 Å². The number of hydrogen-bond donors (Lipinski definition) is 0. The number of furan rings is 1. The standard InChI is InChI=1S/C52H33N3O/c1-5-15-34(16-6-1)38-25-27-47-44(29-38)45-30-39(35-17-7-2-8-18-35)26-28-48(45)55(47)51-42(36-19-9-3-10-20-36)31-40(32-43(51)37-21-11-4-12-22-37)46-33-53-50-41-23-13-14-24-49(41)56-52(50)54-46/h1-33H. The number of nitrogens with zero attached hydrogens (tertiary/aromatic N) is 3. The Kier molecular flexibility index (Phi) is 7.46. The van der Waals surface area contributed by atoms with E-state index >= 15 is 0 Å². The predicted octanol–water partition coefficient (Wildman–Crippen LogP) is 13.8. The van der Waals surface area contributed by atoms with Crippen LogP contribution in [-0.2, 0) is 0 Å². The molecule has 4 heteroatoms. The first-order valence-corrected chi connectivity index (χ1v) is 18.9. The zero-order valence-electron chi connectivity index (χ0n) is 30.3. The molecule has 3 heterocycles. The van der Waals surface area contributed by atoms with Crippen molar-refractivity contribution < 1.29 is 4.42 Å². The van der Waals surface area contributed by atoms with Gasteiger partial charge in [0.1, 0.15) is 11.1 Å². The van der Waals surface area contributed by atoms with E-state index in [4.69, 9.17) is 14.4 Å². The second kappa shape index (κ2) is 13.1. The molecule has 0 fully saturated rings. The van der Waals surface area contributed by atoms with E-state index in [2.05, 4.69) is 174 Å². The quantitative estimate of drug-likeness (QED) is 0.172. The zero-order chi connectivity index (χ0) is 37.0. The van der Waals surface area contributed by atoms with Crippen molar-refractivity contribution in [3.63, 3.8) is 0 Å². The molecule has 0 atom stereocenters. The van der Waals surface area contributed by atoms with Gasteiger partial charge in [-0.25, -0.2) is 9.97 Å². The Morgan fingerprint density at radius 2 is 0.875 bits per heavy atom. The molecule has 11 rings (SSSR count). The van der Waals surface area contributed by atoms with Crippen LogP contribution >= 0.6 is 0 Å². The molecule has 56 heavy (non-hydrogen) atoms. The summed E-state index contributed by atoms with van der Waals surface area (Å²) in [6.07, 6.45) is 1.87. The number of benzene rings is 8. The summed E-state index contributed by atoms with van der Waals surface area (Å²) in [7, 11) is 0. The second-order valence-corrected chi connectivity index (χ2v) is 14.2. The fourth-order valence-electron chi connectivity index (χ4n) is 8.21. The molecule has 0 saturated carbocycles. The van der Waals surface area contributed by atoms with Crippen molar-refractivity contribution >= 4 is 44.0 Å². The van der Waals surface area contributed by atoms with Gasteiger partial charge < -0.3 is 8.98 Å². The third kappa shape index (κ3) is 5.31. The molecule has 0 spiro atoms. The van der Waals surface area contributed by atoms with Crippen LogP contribution in [0.1, 0.15) is 0 Å². The molecule has 0 N–H and O–H groups in total. The van der Waals surface area contributed by atoms with Gasteiger partial charge in [0.05, 0.1) is 28.6 Å². The Bertz CT molecular complexity index is 3060. The number of hydrogen-bond acceptors (Lipinski definition) is 3. The molecular weight excluding hydrogens is 683 g/mol. The summed E-state index contributed by atoms with van der Waals surface area (Å²) < 4.78 is 8.70. The number of rotatable bonds is 6. The van der Waals surface area contributed by atoms with Crippen molar-refractivity contribution in [2.75, 3.05) is 0 Å². The smallest absolute Gasteiger partial charge is 0.246 e. The maximum atomic E-state index is 6.23. The van der Waals surface area contributed by atoms with Crippen LogP contribution in [0, 0.1) is 0 Å². The van der Waals surface area contributed by atoms with Crippen molar-refractivity contribution in [1.29, 1.82) is 0 Å². The minimum atomic E-state index is 0.529. The number of para-hydroxylation sites is 1. The van der Waals surface area contributed by atoms with Crippen molar-refractivity contribution in [1.82, 2.24) is 14.5 Å². The van der Waals surface area contributed by atoms with Gasteiger partial charge >= 0.3 is 0 Å². The van der Waals surface area contributed by atoms with Crippen LogP contribution in [0.2, 0.25) is 0 Å². The van der Waals surface area contributed by atoms with Gasteiger partial charge in [0.15, 0.2) is 0 Å². The minimum absolute atomic E-state index is 0.529. The third-order valence-electron chi connectivity index (χ3n) is 10.9. The molecule has 11 aromatic rings. The van der Waals surface area contributed by atoms with E-state index in [1.165, 1.54) is 33.0 Å². The average molecular weight is 716 g/mol. The third-order valence-corrected chi connectivity index (χ3v) is 10.9. The van der Waals surface area contributed by atoms with Gasteiger partial charge in [0.25, 0.3) is 0 Å². The normalized spacial score (nSPS) is 11.6. The van der Waals surface area contributed by atoms with E-state index in [-0.39, 0.29) is 0 Å². The maximum absolute atomic E-state index is 6.23. The monoisotopic (exact) mass is 715 g/mol. The molecule has 0 amide bonds. The fourth-order valence-corrected chi connectivity index (χ4v) is 8.21. The van der Waals surface area contributed by atoms with Gasteiger partial charge in [-0.05, 0) is 81.9 Å². The van der Waals surface area contributed by atoms with Crippen molar-refractivity contribution in [3.05, 3.63) is 200 Å². The number of fused-ring (bicyclic) bond motifs is 6. The van der Waals surface area contributed by atoms with E-state index < -0.39 is 0 Å². The van der Waals surface area contributed by atoms with Crippen LogP contribution < -0.4 is 0 Å². The predicted molar refractivity (Wildman–Crippen MR) is 231 cm³/mol. The average Bonchev–Trinajstić information content (AvgIpc) is 3.81. The fraction of sp³-hybridized carbons (Fsp3) is 0. The molecule has 0 bridgehead atoms. The maximum Gasteiger partial charge on any atom is 0.246 e. The summed E-state index contributed by atoms with van der Waals surface area (Å²) in [4.78, 5) is 10.00. The molecule has 0 aliphatic heterocycles. The molecule has 0 aliphatic carbocycles. The van der Waals surface area contributed by atoms with E-state index in [1.54, 1.807) is 0 Å². The van der Waals surface area contributed by atoms with Crippen LogP contribution in [0.5, 0.6) is 0 Å². The SMILES string of the molecule is c1ccc(-c2ccc3c(c2)c2cc(-c4ccccc4)ccc2n3-c2c(-c3ccccc3)cc(-c3cnc4c(n3)oc3ccccc34)cc2-c2ccccc2)cc1. The van der Waals surface area contributed by atoms with Crippen LogP contribution in [0.4, 0.5) is 0 Å². The molecule has 3 aromatic heterocycles. The number of aromatic nitrogens is 3. The van der Waals surface area contributed by atoms with Gasteiger partial charge in [-0.15, -0.1) is 0 Å². The molecule has 0 radical (unpaired) electrons. The van der Waals surface area contributed by atoms with Gasteiger partial charge in [-0.2, -0.15) is 0 Å². The summed E-state index contributed by atoms with van der Waals surface area (Å²) in [6.45, 7) is 0. The lowest BCUT2D eigenvalue weighted by Gasteiger charge is -2.21. The Labute approximate surface area is 323 Å². The van der Waals surface area contributed by atoms with Crippen LogP contribution in [0.15, 0.2) is 205 Å². The van der Waals surface area contributed by atoms with Gasteiger partial charge in [0.2, 0.25) is 5.71 Å². The summed E-state index contributed by atoms with van der Waals surface area (Å²) in [5, 5.41) is 3.36. The Balaban J connectivity index is 1.24. The summed E-state index contributed by atoms with van der Waals surface area (Å²) in [6, 6.07) is 68.9. The van der Waals surface area contributed by atoms with E-state index in [0.717, 1.165) is 66.7 Å². The first-order valence-electron chi connectivity index (χ1n) is 18.9. The van der Waals surface area contributed by atoms with Gasteiger partial charge in [0, 0.05) is 32.8 Å². The van der Waals surface area contributed by atoms with E-state index in [9.17, 15) is 0 Å². The van der Waals surface area contributed by atoms with Crippen LogP contribution in [0.3, 0.4) is 0 Å². The van der Waals surface area contributed by atoms with Crippen LogP contribution in [-0.4, -0.2) is 14.5 Å². The van der Waals surface area contributed by atoms with Crippen molar-refractivity contribution in [3.8, 4) is 61.5 Å². The second-order valence-electron chi connectivity index (χ2n) is 14.2. The molecule has 0 unspecified atom stereocenters. The summed E-state index contributed by atoms with van der Waals surface area (Å²) >= 11 is 0. The highest BCUT2D eigenvalue weighted by atomic mass is 16.3. The zero-order valence-corrected chi connectivity index (χ0v) is 30.3. The molecule has 0 saturated heterocycles. The minimum Gasteiger partial charge on any atom is -0.436 e. The highest BCUT2D eigenvalue weighted by molar-refractivity contribution is 6.13. The van der Waals surface area contributed by atoms with Gasteiger partial charge in [-0.3, -0.25) is 0 Å². The molecule has 8 aromatic carbocycles. The molecular formula is C52H33N3O. The lowest BCUT2D eigenvalue weighted by molar-refractivity contribution is 0.653. The molecule has 262 valence electrons. The van der Waals surface area contributed by atoms with E-state index in [0.29, 0.717) is 5.71 Å². The van der Waals surface area contributed by atoms with Crippen molar-refractivity contribution in [2.24, 2.45) is 0 Å². The van der Waals surface area contributed by atoms with Crippen molar-refractivity contribution in [2.45, 2.75) is 0 Å². The Hall–Kier alpha value is -7.56. The first-order chi connectivity index (χ1) is 27.8. The molecule has 4 nitrogen and oxygen atoms in total. The summed E-state index contributed by atoms with van der Waals surface area (Å²) in [5.41, 5.74) is 16.3. The van der Waals surface area contributed by atoms with Gasteiger partial charge in [-0.1, -0.05) is 146 Å². The highest BCUT2D eigenvalue weighted by Gasteiger charge is 2.23. The largest absolute Gasteiger partial charge is 0.436 e. The van der Waals surface area contributed by atoms with Crippen LogP contribution in [0.25, 0.3) is 105 Å². The first kappa shape index (κ1) is 31.9. The highest BCUT2D eigenvalue weighted by Crippen LogP contribution is 2.45. The Morgan fingerprint density at radius 1 is 0.393 bits per heavy atom. The summed E-state index contributed by atoms with van der Waals surface area (Å²) in [5.74, 6) is 0. The lowest BCUT2D eigenvalue weighted by Crippen LogP contribution is -2.02. The topological polar surface area (TPSA) is 43.9 Å².